The lowest BCUT2D eigenvalue weighted by Gasteiger charge is -2.32. The largest absolute Gasteiger partial charge is 0.354 e. The Bertz CT molecular complexity index is 457. The predicted octanol–water partition coefficient (Wildman–Crippen LogP) is -0.166. The molecule has 2 heterocycles. The van der Waals surface area contributed by atoms with Crippen molar-refractivity contribution in [3.05, 3.63) is 0 Å². The second-order valence-corrected chi connectivity index (χ2v) is 6.58. The first-order valence-corrected chi connectivity index (χ1v) is 8.83. The molecule has 0 spiro atoms. The van der Waals surface area contributed by atoms with Gasteiger partial charge in [0.05, 0.1) is 6.04 Å². The van der Waals surface area contributed by atoms with Crippen molar-refractivity contribution in [2.75, 3.05) is 39.8 Å². The molecule has 0 aliphatic carbocycles. The zero-order valence-corrected chi connectivity index (χ0v) is 15.6. The number of amides is 4. The lowest BCUT2D eigenvalue weighted by atomic mass is 9.97. The predicted molar refractivity (Wildman–Crippen MR) is 97.7 cm³/mol. The Morgan fingerprint density at radius 2 is 2.00 bits per heavy atom. The fourth-order valence-electron chi connectivity index (χ4n) is 3.31. The summed E-state index contributed by atoms with van der Waals surface area (Å²) in [6, 6.07) is -0.502. The molecule has 4 amide bonds. The van der Waals surface area contributed by atoms with E-state index in [0.717, 1.165) is 45.3 Å². The van der Waals surface area contributed by atoms with Crippen LogP contribution in [0.4, 0.5) is 4.79 Å². The Labute approximate surface area is 155 Å². The number of carbonyl (C=O) groups excluding carboxylic acids is 3. The van der Waals surface area contributed by atoms with Gasteiger partial charge in [0.15, 0.2) is 0 Å². The van der Waals surface area contributed by atoms with Gasteiger partial charge in [0.1, 0.15) is 0 Å². The van der Waals surface area contributed by atoms with E-state index in [1.54, 1.807) is 0 Å². The SMILES string of the molecule is CNC(=O)NC(=O)CCN1CCCC(CNC(=O)C2CCCN2)C1.Cl. The number of urea groups is 1. The second-order valence-electron chi connectivity index (χ2n) is 6.58. The molecule has 9 heteroatoms. The van der Waals surface area contributed by atoms with E-state index >= 15 is 0 Å². The summed E-state index contributed by atoms with van der Waals surface area (Å²) < 4.78 is 0. The maximum atomic E-state index is 12.0. The van der Waals surface area contributed by atoms with Gasteiger partial charge in [-0.3, -0.25) is 14.9 Å². The summed E-state index contributed by atoms with van der Waals surface area (Å²) in [6.07, 6.45) is 4.45. The third kappa shape index (κ3) is 7.58. The van der Waals surface area contributed by atoms with Crippen LogP contribution in [0.15, 0.2) is 0 Å². The minimum atomic E-state index is -0.472. The van der Waals surface area contributed by atoms with Crippen LogP contribution in [0, 0.1) is 5.92 Å². The molecule has 2 aliphatic rings. The highest BCUT2D eigenvalue weighted by atomic mass is 35.5. The fraction of sp³-hybridized carbons (Fsp3) is 0.812. The van der Waals surface area contributed by atoms with Gasteiger partial charge in [0.25, 0.3) is 0 Å². The number of rotatable bonds is 6. The first-order valence-electron chi connectivity index (χ1n) is 8.83. The van der Waals surface area contributed by atoms with Crippen LogP contribution in [0.25, 0.3) is 0 Å². The van der Waals surface area contributed by atoms with Crippen LogP contribution in [-0.2, 0) is 9.59 Å². The molecular formula is C16H30ClN5O3. The Kier molecular flexibility index (Phi) is 9.77. The van der Waals surface area contributed by atoms with Gasteiger partial charge < -0.3 is 20.9 Å². The van der Waals surface area contributed by atoms with Crippen molar-refractivity contribution in [1.82, 2.24) is 26.2 Å². The van der Waals surface area contributed by atoms with Crippen LogP contribution < -0.4 is 21.3 Å². The number of nitrogens with zero attached hydrogens (tertiary/aromatic N) is 1. The van der Waals surface area contributed by atoms with Gasteiger partial charge >= 0.3 is 6.03 Å². The highest BCUT2D eigenvalue weighted by molar-refractivity contribution is 5.94. The third-order valence-corrected chi connectivity index (χ3v) is 4.68. The average molecular weight is 376 g/mol. The molecule has 2 aliphatic heterocycles. The highest BCUT2D eigenvalue weighted by Gasteiger charge is 2.24. The maximum Gasteiger partial charge on any atom is 0.321 e. The molecule has 0 radical (unpaired) electrons. The maximum absolute atomic E-state index is 12.0. The molecule has 25 heavy (non-hydrogen) atoms. The van der Waals surface area contributed by atoms with Crippen LogP contribution in [0.5, 0.6) is 0 Å². The summed E-state index contributed by atoms with van der Waals surface area (Å²) in [5.41, 5.74) is 0. The van der Waals surface area contributed by atoms with Crippen molar-refractivity contribution >= 4 is 30.3 Å². The van der Waals surface area contributed by atoms with E-state index in [2.05, 4.69) is 26.2 Å². The summed E-state index contributed by atoms with van der Waals surface area (Å²) in [5, 5.41) is 10.9. The zero-order valence-electron chi connectivity index (χ0n) is 14.8. The van der Waals surface area contributed by atoms with E-state index in [4.69, 9.17) is 0 Å². The zero-order chi connectivity index (χ0) is 17.4. The second kappa shape index (κ2) is 11.3. The Hall–Kier alpha value is -1.38. The molecule has 2 saturated heterocycles. The van der Waals surface area contributed by atoms with E-state index in [1.807, 2.05) is 0 Å². The molecule has 0 aromatic carbocycles. The van der Waals surface area contributed by atoms with Crippen LogP contribution >= 0.6 is 12.4 Å². The molecule has 4 N–H and O–H groups in total. The molecule has 8 nitrogen and oxygen atoms in total. The number of likely N-dealkylation sites (tertiary alicyclic amines) is 1. The number of halogens is 1. The Balaban J connectivity index is 0.00000312. The molecule has 0 aromatic rings. The van der Waals surface area contributed by atoms with E-state index in [9.17, 15) is 14.4 Å². The first-order chi connectivity index (χ1) is 11.6. The highest BCUT2D eigenvalue weighted by Crippen LogP contribution is 2.16. The standard InChI is InChI=1S/C16H29N5O3.ClH/c1-17-16(24)20-14(22)6-9-21-8-3-4-12(11-21)10-19-15(23)13-5-2-7-18-13;/h12-13,18H,2-11H2,1H3,(H,19,23)(H2,17,20,22,24);1H. The van der Waals surface area contributed by atoms with Gasteiger partial charge in [-0.15, -0.1) is 12.4 Å². The number of imide groups is 1. The van der Waals surface area contributed by atoms with Gasteiger partial charge in [-0.2, -0.15) is 0 Å². The number of piperidine rings is 1. The summed E-state index contributed by atoms with van der Waals surface area (Å²) >= 11 is 0. The molecule has 2 rings (SSSR count). The molecule has 2 atom stereocenters. The van der Waals surface area contributed by atoms with E-state index in [-0.39, 0.29) is 30.3 Å². The first kappa shape index (κ1) is 21.7. The van der Waals surface area contributed by atoms with Gasteiger partial charge in [0.2, 0.25) is 11.8 Å². The lowest BCUT2D eigenvalue weighted by molar-refractivity contribution is -0.123. The summed E-state index contributed by atoms with van der Waals surface area (Å²) in [6.45, 7) is 4.09. The minimum Gasteiger partial charge on any atom is -0.354 e. The van der Waals surface area contributed by atoms with Gasteiger partial charge in [-0.1, -0.05) is 0 Å². The van der Waals surface area contributed by atoms with Crippen molar-refractivity contribution in [2.24, 2.45) is 5.92 Å². The summed E-state index contributed by atoms with van der Waals surface area (Å²) in [7, 11) is 1.48. The van der Waals surface area contributed by atoms with Crippen molar-refractivity contribution in [3.8, 4) is 0 Å². The molecule has 2 fully saturated rings. The van der Waals surface area contributed by atoms with E-state index in [0.29, 0.717) is 25.4 Å². The molecule has 2 unspecified atom stereocenters. The Morgan fingerprint density at radius 3 is 2.68 bits per heavy atom. The number of hydrogen-bond donors (Lipinski definition) is 4. The average Bonchev–Trinajstić information content (AvgIpc) is 3.13. The monoisotopic (exact) mass is 375 g/mol. The topological polar surface area (TPSA) is 103 Å². The van der Waals surface area contributed by atoms with Crippen LogP contribution in [0.2, 0.25) is 0 Å². The molecule has 0 saturated carbocycles. The van der Waals surface area contributed by atoms with Crippen LogP contribution in [-0.4, -0.2) is 68.6 Å². The van der Waals surface area contributed by atoms with Crippen molar-refractivity contribution in [1.29, 1.82) is 0 Å². The van der Waals surface area contributed by atoms with Gasteiger partial charge in [0, 0.05) is 33.1 Å². The van der Waals surface area contributed by atoms with Crippen molar-refractivity contribution < 1.29 is 14.4 Å². The number of nitrogens with one attached hydrogen (secondary N) is 4. The third-order valence-electron chi connectivity index (χ3n) is 4.68. The smallest absolute Gasteiger partial charge is 0.321 e. The molecule has 144 valence electrons. The molecule has 0 bridgehead atoms. The number of carbonyl (C=O) groups is 3. The van der Waals surface area contributed by atoms with E-state index in [1.165, 1.54) is 7.05 Å². The van der Waals surface area contributed by atoms with Gasteiger partial charge in [-0.25, -0.2) is 4.79 Å². The van der Waals surface area contributed by atoms with Crippen LogP contribution in [0.1, 0.15) is 32.1 Å². The van der Waals surface area contributed by atoms with Crippen LogP contribution in [0.3, 0.4) is 0 Å². The van der Waals surface area contributed by atoms with Gasteiger partial charge in [-0.05, 0) is 44.7 Å². The summed E-state index contributed by atoms with van der Waals surface area (Å²) in [5.74, 6) is 0.262. The fourth-order valence-corrected chi connectivity index (χ4v) is 3.31. The lowest BCUT2D eigenvalue weighted by Crippen LogP contribution is -2.46. The number of hydrogen-bond acceptors (Lipinski definition) is 5. The summed E-state index contributed by atoms with van der Waals surface area (Å²) in [4.78, 5) is 37.0. The molecule has 0 aromatic heterocycles. The van der Waals surface area contributed by atoms with Crippen molar-refractivity contribution in [2.45, 2.75) is 38.1 Å². The quantitative estimate of drug-likeness (QED) is 0.516. The normalized spacial score (nSPS) is 23.4. The van der Waals surface area contributed by atoms with Crippen molar-refractivity contribution in [3.63, 3.8) is 0 Å². The molecular weight excluding hydrogens is 346 g/mol. The Morgan fingerprint density at radius 1 is 1.20 bits per heavy atom. The van der Waals surface area contributed by atoms with E-state index < -0.39 is 6.03 Å². The minimum absolute atomic E-state index is 0.